The standard InChI is InChI=1S/C19H19NO5S/c1-3-13-12-19(13,2)18(22)20-26(23,24)17-10-5-4-9-16(17)25-15-8-6-7-14(21)11-15/h3-11,13,21H,1,12H2,2H3,(H,20,22)/t13-,19+/m1/s1. The topological polar surface area (TPSA) is 92.7 Å². The fourth-order valence-electron chi connectivity index (χ4n) is 2.73. The molecule has 1 aliphatic rings. The summed E-state index contributed by atoms with van der Waals surface area (Å²) in [6.07, 6.45) is 2.23. The second-order valence-corrected chi connectivity index (χ2v) is 8.10. The first-order valence-electron chi connectivity index (χ1n) is 8.02. The number of sulfonamides is 1. The van der Waals surface area contributed by atoms with E-state index in [-0.39, 0.29) is 28.1 Å². The number of allylic oxidation sites excluding steroid dienone is 1. The third-order valence-corrected chi connectivity index (χ3v) is 5.89. The predicted molar refractivity (Wildman–Crippen MR) is 96.4 cm³/mol. The lowest BCUT2D eigenvalue weighted by Gasteiger charge is -2.15. The van der Waals surface area contributed by atoms with Crippen LogP contribution in [0.15, 0.2) is 66.1 Å². The van der Waals surface area contributed by atoms with Gasteiger partial charge < -0.3 is 9.84 Å². The van der Waals surface area contributed by atoms with E-state index in [1.165, 1.54) is 24.3 Å². The molecule has 2 aromatic carbocycles. The highest BCUT2D eigenvalue weighted by Crippen LogP contribution is 2.53. The van der Waals surface area contributed by atoms with Crippen molar-refractivity contribution in [2.75, 3.05) is 0 Å². The average molecular weight is 373 g/mol. The third-order valence-electron chi connectivity index (χ3n) is 4.52. The van der Waals surface area contributed by atoms with Crippen LogP contribution in [0.4, 0.5) is 0 Å². The van der Waals surface area contributed by atoms with Crippen molar-refractivity contribution < 1.29 is 23.1 Å². The van der Waals surface area contributed by atoms with Gasteiger partial charge in [-0.3, -0.25) is 4.79 Å². The SMILES string of the molecule is C=C[C@@H]1C[C@]1(C)C(=O)NS(=O)(=O)c1ccccc1Oc1cccc(O)c1. The summed E-state index contributed by atoms with van der Waals surface area (Å²) in [6.45, 7) is 5.36. The number of ether oxygens (including phenoxy) is 1. The maximum atomic E-state index is 12.7. The largest absolute Gasteiger partial charge is 0.508 e. The molecule has 0 saturated heterocycles. The number of phenolic OH excluding ortho intramolecular Hbond substituents is 1. The van der Waals surface area contributed by atoms with Gasteiger partial charge in [-0.2, -0.15) is 0 Å². The molecule has 1 fully saturated rings. The Morgan fingerprint density at radius 1 is 1.31 bits per heavy atom. The summed E-state index contributed by atoms with van der Waals surface area (Å²) >= 11 is 0. The van der Waals surface area contributed by atoms with Gasteiger partial charge in [0, 0.05) is 6.07 Å². The van der Waals surface area contributed by atoms with E-state index >= 15 is 0 Å². The van der Waals surface area contributed by atoms with Crippen molar-refractivity contribution in [2.24, 2.45) is 11.3 Å². The van der Waals surface area contributed by atoms with Crippen molar-refractivity contribution in [3.63, 3.8) is 0 Å². The Morgan fingerprint density at radius 3 is 2.69 bits per heavy atom. The number of carbonyl (C=O) groups is 1. The molecule has 0 spiro atoms. The lowest BCUT2D eigenvalue weighted by Crippen LogP contribution is -2.36. The Kier molecular flexibility index (Phi) is 4.50. The molecule has 2 atom stereocenters. The van der Waals surface area contributed by atoms with Gasteiger partial charge in [0.15, 0.2) is 0 Å². The van der Waals surface area contributed by atoms with E-state index in [2.05, 4.69) is 11.3 Å². The van der Waals surface area contributed by atoms with Gasteiger partial charge in [0.25, 0.3) is 10.0 Å². The van der Waals surface area contributed by atoms with Gasteiger partial charge in [-0.25, -0.2) is 13.1 Å². The van der Waals surface area contributed by atoms with Crippen molar-refractivity contribution in [3.05, 3.63) is 61.2 Å². The van der Waals surface area contributed by atoms with Crippen LogP contribution in [0.2, 0.25) is 0 Å². The van der Waals surface area contributed by atoms with Crippen molar-refractivity contribution in [1.29, 1.82) is 0 Å². The minimum atomic E-state index is -4.12. The van der Waals surface area contributed by atoms with Crippen molar-refractivity contribution in [1.82, 2.24) is 4.72 Å². The Bertz CT molecular complexity index is 969. The van der Waals surface area contributed by atoms with E-state index in [0.29, 0.717) is 6.42 Å². The number of amides is 1. The summed E-state index contributed by atoms with van der Waals surface area (Å²) in [6, 6.07) is 12.0. The molecule has 1 saturated carbocycles. The van der Waals surface area contributed by atoms with Gasteiger partial charge in [0.1, 0.15) is 22.1 Å². The van der Waals surface area contributed by atoms with Gasteiger partial charge in [0.2, 0.25) is 5.91 Å². The molecule has 0 bridgehead atoms. The molecule has 7 heteroatoms. The summed E-state index contributed by atoms with van der Waals surface area (Å²) in [4.78, 5) is 12.2. The van der Waals surface area contributed by atoms with Crippen LogP contribution in [0.5, 0.6) is 17.2 Å². The molecule has 2 aromatic rings. The van der Waals surface area contributed by atoms with Crippen LogP contribution in [0.25, 0.3) is 0 Å². The minimum Gasteiger partial charge on any atom is -0.508 e. The number of carbonyl (C=O) groups excluding carboxylic acids is 1. The fourth-order valence-corrected chi connectivity index (χ4v) is 3.95. The zero-order valence-corrected chi connectivity index (χ0v) is 15.0. The first kappa shape index (κ1) is 18.0. The fraction of sp³-hybridized carbons (Fsp3) is 0.211. The second-order valence-electron chi connectivity index (χ2n) is 6.44. The van der Waals surface area contributed by atoms with Crippen LogP contribution in [0.3, 0.4) is 0 Å². The monoisotopic (exact) mass is 373 g/mol. The van der Waals surface area contributed by atoms with E-state index in [9.17, 15) is 18.3 Å². The molecule has 3 rings (SSSR count). The van der Waals surface area contributed by atoms with Gasteiger partial charge in [0.05, 0.1) is 5.41 Å². The summed E-state index contributed by atoms with van der Waals surface area (Å²) in [5, 5.41) is 9.52. The highest BCUT2D eigenvalue weighted by molar-refractivity contribution is 7.90. The first-order valence-corrected chi connectivity index (χ1v) is 9.50. The van der Waals surface area contributed by atoms with E-state index in [1.54, 1.807) is 37.3 Å². The van der Waals surface area contributed by atoms with Crippen LogP contribution in [-0.2, 0) is 14.8 Å². The lowest BCUT2D eigenvalue weighted by atomic mass is 10.1. The van der Waals surface area contributed by atoms with Crippen LogP contribution in [0.1, 0.15) is 13.3 Å². The van der Waals surface area contributed by atoms with Crippen LogP contribution < -0.4 is 9.46 Å². The number of para-hydroxylation sites is 1. The maximum absolute atomic E-state index is 12.7. The lowest BCUT2D eigenvalue weighted by molar-refractivity contribution is -0.124. The molecular formula is C19H19NO5S. The first-order chi connectivity index (χ1) is 12.3. The van der Waals surface area contributed by atoms with Crippen LogP contribution in [-0.4, -0.2) is 19.4 Å². The molecule has 0 radical (unpaired) electrons. The summed E-state index contributed by atoms with van der Waals surface area (Å²) in [5.41, 5.74) is -0.754. The predicted octanol–water partition coefficient (Wildman–Crippen LogP) is 3.20. The number of hydrogen-bond donors (Lipinski definition) is 2. The van der Waals surface area contributed by atoms with Crippen molar-refractivity contribution >= 4 is 15.9 Å². The van der Waals surface area contributed by atoms with Gasteiger partial charge in [-0.05, 0) is 36.6 Å². The van der Waals surface area contributed by atoms with Crippen LogP contribution in [0, 0.1) is 11.3 Å². The molecule has 0 unspecified atom stereocenters. The Labute approximate surface area is 152 Å². The van der Waals surface area contributed by atoms with Gasteiger partial charge in [-0.15, -0.1) is 6.58 Å². The normalized spacial score (nSPS) is 21.7. The smallest absolute Gasteiger partial charge is 0.267 e. The summed E-state index contributed by atoms with van der Waals surface area (Å²) in [7, 11) is -4.12. The molecular weight excluding hydrogens is 354 g/mol. The molecule has 1 amide bonds. The highest BCUT2D eigenvalue weighted by Gasteiger charge is 2.55. The molecule has 1 aliphatic carbocycles. The van der Waals surface area contributed by atoms with E-state index in [1.807, 2.05) is 0 Å². The maximum Gasteiger partial charge on any atom is 0.267 e. The molecule has 0 heterocycles. The second kappa shape index (κ2) is 6.49. The van der Waals surface area contributed by atoms with E-state index < -0.39 is 21.3 Å². The quantitative estimate of drug-likeness (QED) is 0.759. The molecule has 136 valence electrons. The van der Waals surface area contributed by atoms with Gasteiger partial charge >= 0.3 is 0 Å². The Morgan fingerprint density at radius 2 is 2.04 bits per heavy atom. The van der Waals surface area contributed by atoms with E-state index in [0.717, 1.165) is 0 Å². The van der Waals surface area contributed by atoms with Crippen molar-refractivity contribution in [2.45, 2.75) is 18.2 Å². The summed E-state index contributed by atoms with van der Waals surface area (Å²) in [5.74, 6) is -0.265. The number of hydrogen-bond acceptors (Lipinski definition) is 5. The molecule has 6 nitrogen and oxygen atoms in total. The Hall–Kier alpha value is -2.80. The molecule has 0 aromatic heterocycles. The number of rotatable bonds is 6. The zero-order chi connectivity index (χ0) is 18.9. The molecule has 0 aliphatic heterocycles. The third kappa shape index (κ3) is 3.43. The van der Waals surface area contributed by atoms with Gasteiger partial charge in [-0.1, -0.05) is 31.2 Å². The average Bonchev–Trinajstić information content (AvgIpc) is 3.27. The zero-order valence-electron chi connectivity index (χ0n) is 14.2. The highest BCUT2D eigenvalue weighted by atomic mass is 32.2. The number of phenols is 1. The number of nitrogens with one attached hydrogen (secondary N) is 1. The Balaban J connectivity index is 1.86. The number of benzene rings is 2. The van der Waals surface area contributed by atoms with Crippen LogP contribution >= 0.6 is 0 Å². The van der Waals surface area contributed by atoms with Crippen molar-refractivity contribution in [3.8, 4) is 17.2 Å². The minimum absolute atomic E-state index is 0.00624. The molecule has 2 N–H and O–H groups in total. The number of aromatic hydroxyl groups is 1. The van der Waals surface area contributed by atoms with E-state index in [4.69, 9.17) is 4.74 Å². The summed E-state index contributed by atoms with van der Waals surface area (Å²) < 4.78 is 33.1. The molecule has 26 heavy (non-hydrogen) atoms.